The van der Waals surface area contributed by atoms with Gasteiger partial charge in [-0.05, 0) is 44.0 Å². The van der Waals surface area contributed by atoms with Gasteiger partial charge in [-0.1, -0.05) is 31.2 Å². The Morgan fingerprint density at radius 3 is 2.88 bits per heavy atom. The number of anilines is 1. The van der Waals surface area contributed by atoms with Crippen LogP contribution in [0.4, 0.5) is 5.69 Å². The summed E-state index contributed by atoms with van der Waals surface area (Å²) >= 11 is 1.30. The molecule has 1 aromatic heterocycles. The lowest BCUT2D eigenvalue weighted by Crippen LogP contribution is -2.22. The number of nitriles is 1. The summed E-state index contributed by atoms with van der Waals surface area (Å²) < 4.78 is 5.17. The van der Waals surface area contributed by atoms with Gasteiger partial charge in [0.2, 0.25) is 5.91 Å². The third-order valence-electron chi connectivity index (χ3n) is 3.82. The van der Waals surface area contributed by atoms with Gasteiger partial charge in [-0.2, -0.15) is 5.26 Å². The van der Waals surface area contributed by atoms with Crippen LogP contribution in [0.25, 0.3) is 0 Å². The topological polar surface area (TPSA) is 75.0 Å². The van der Waals surface area contributed by atoms with Gasteiger partial charge in [0.25, 0.3) is 0 Å². The monoisotopic (exact) mass is 369 g/mol. The highest BCUT2D eigenvalue weighted by atomic mass is 32.2. The van der Waals surface area contributed by atoms with Crippen LogP contribution in [-0.2, 0) is 11.2 Å². The molecule has 0 spiro atoms. The minimum atomic E-state index is -0.387. The fourth-order valence-corrected chi connectivity index (χ4v) is 3.23. The molecule has 0 fully saturated rings. The SMILES string of the molecule is CCCCc1ccc(C#N)c(SC(C)C(=O)Nc2cccc(OC)c2)n1. The Hall–Kier alpha value is -2.52. The van der Waals surface area contributed by atoms with E-state index in [2.05, 4.69) is 23.3 Å². The van der Waals surface area contributed by atoms with Gasteiger partial charge in [0.15, 0.2) is 0 Å². The van der Waals surface area contributed by atoms with Gasteiger partial charge < -0.3 is 10.1 Å². The number of thioether (sulfide) groups is 1. The maximum atomic E-state index is 12.5. The first-order valence-electron chi connectivity index (χ1n) is 8.59. The number of methoxy groups -OCH3 is 1. The number of carbonyl (C=O) groups excluding carboxylic acids is 1. The maximum Gasteiger partial charge on any atom is 0.237 e. The lowest BCUT2D eigenvalue weighted by Gasteiger charge is -2.13. The van der Waals surface area contributed by atoms with Crippen molar-refractivity contribution < 1.29 is 9.53 Å². The highest BCUT2D eigenvalue weighted by Crippen LogP contribution is 2.27. The third kappa shape index (κ3) is 5.50. The molecule has 1 aromatic carbocycles. The molecule has 1 unspecified atom stereocenters. The molecular weight excluding hydrogens is 346 g/mol. The molecule has 2 rings (SSSR count). The zero-order chi connectivity index (χ0) is 18.9. The van der Waals surface area contributed by atoms with Crippen molar-refractivity contribution >= 4 is 23.4 Å². The number of aryl methyl sites for hydroxylation is 1. The average Bonchev–Trinajstić information content (AvgIpc) is 2.66. The fraction of sp³-hybridized carbons (Fsp3) is 0.350. The van der Waals surface area contributed by atoms with Crippen LogP contribution in [0, 0.1) is 11.3 Å². The number of benzene rings is 1. The van der Waals surface area contributed by atoms with Gasteiger partial charge >= 0.3 is 0 Å². The van der Waals surface area contributed by atoms with Crippen molar-refractivity contribution in [1.82, 2.24) is 4.98 Å². The summed E-state index contributed by atoms with van der Waals surface area (Å²) in [5, 5.41) is 12.4. The van der Waals surface area contributed by atoms with Gasteiger partial charge in [-0.25, -0.2) is 4.98 Å². The van der Waals surface area contributed by atoms with E-state index in [4.69, 9.17) is 4.74 Å². The Labute approximate surface area is 158 Å². The molecule has 26 heavy (non-hydrogen) atoms. The minimum absolute atomic E-state index is 0.145. The lowest BCUT2D eigenvalue weighted by molar-refractivity contribution is -0.115. The number of hydrogen-bond acceptors (Lipinski definition) is 5. The summed E-state index contributed by atoms with van der Waals surface area (Å²) in [6, 6.07) is 13.0. The van der Waals surface area contributed by atoms with Gasteiger partial charge in [0, 0.05) is 17.4 Å². The highest BCUT2D eigenvalue weighted by molar-refractivity contribution is 8.00. The Morgan fingerprint density at radius 1 is 1.38 bits per heavy atom. The smallest absolute Gasteiger partial charge is 0.237 e. The van der Waals surface area contributed by atoms with E-state index in [1.165, 1.54) is 11.8 Å². The molecule has 2 aromatic rings. The van der Waals surface area contributed by atoms with Crippen LogP contribution in [0.15, 0.2) is 41.4 Å². The fourth-order valence-electron chi connectivity index (χ4n) is 2.32. The Balaban J connectivity index is 2.08. The van der Waals surface area contributed by atoms with E-state index in [0.29, 0.717) is 22.0 Å². The first-order chi connectivity index (χ1) is 12.6. The first-order valence-corrected chi connectivity index (χ1v) is 9.47. The molecule has 0 aliphatic heterocycles. The summed E-state index contributed by atoms with van der Waals surface area (Å²) in [6.07, 6.45) is 3.01. The number of pyridine rings is 1. The van der Waals surface area contributed by atoms with Crippen LogP contribution in [0.5, 0.6) is 5.75 Å². The first kappa shape index (κ1) is 19.8. The van der Waals surface area contributed by atoms with Crippen molar-refractivity contribution in [3.05, 3.63) is 47.7 Å². The molecule has 0 aliphatic carbocycles. The second-order valence-corrected chi connectivity index (χ2v) is 7.18. The van der Waals surface area contributed by atoms with Crippen LogP contribution in [-0.4, -0.2) is 23.3 Å². The van der Waals surface area contributed by atoms with Crippen molar-refractivity contribution in [3.8, 4) is 11.8 Å². The Bertz CT molecular complexity index is 802. The number of nitrogens with one attached hydrogen (secondary N) is 1. The Morgan fingerprint density at radius 2 is 2.19 bits per heavy atom. The van der Waals surface area contributed by atoms with Crippen molar-refractivity contribution in [2.45, 2.75) is 43.4 Å². The number of nitrogens with zero attached hydrogens (tertiary/aromatic N) is 2. The van der Waals surface area contributed by atoms with Gasteiger partial charge in [0.05, 0.1) is 17.9 Å². The number of amides is 1. The van der Waals surface area contributed by atoms with Crippen molar-refractivity contribution in [2.75, 3.05) is 12.4 Å². The molecular formula is C20H23N3O2S. The predicted octanol–water partition coefficient (Wildman–Crippen LogP) is 4.42. The normalized spacial score (nSPS) is 11.5. The van der Waals surface area contributed by atoms with Crippen LogP contribution >= 0.6 is 11.8 Å². The molecule has 6 heteroatoms. The lowest BCUT2D eigenvalue weighted by atomic mass is 10.2. The minimum Gasteiger partial charge on any atom is -0.497 e. The van der Waals surface area contributed by atoms with Crippen molar-refractivity contribution in [2.24, 2.45) is 0 Å². The molecule has 136 valence electrons. The third-order valence-corrected chi connectivity index (χ3v) is 4.92. The average molecular weight is 369 g/mol. The van der Waals surface area contributed by atoms with Crippen molar-refractivity contribution in [1.29, 1.82) is 5.26 Å². The van der Waals surface area contributed by atoms with E-state index in [1.807, 2.05) is 31.2 Å². The number of aromatic nitrogens is 1. The van der Waals surface area contributed by atoms with Gasteiger partial charge in [0.1, 0.15) is 16.8 Å². The molecule has 0 radical (unpaired) electrons. The van der Waals surface area contributed by atoms with Crippen LogP contribution in [0.1, 0.15) is 37.9 Å². The van der Waals surface area contributed by atoms with Gasteiger partial charge in [-0.3, -0.25) is 4.79 Å². The molecule has 1 heterocycles. The Kier molecular flexibility index (Phi) is 7.49. The summed E-state index contributed by atoms with van der Waals surface area (Å²) in [5.74, 6) is 0.535. The molecule has 1 N–H and O–H groups in total. The molecule has 5 nitrogen and oxygen atoms in total. The molecule has 0 saturated carbocycles. The quantitative estimate of drug-likeness (QED) is 0.697. The van der Waals surface area contributed by atoms with E-state index < -0.39 is 0 Å². The van der Waals surface area contributed by atoms with E-state index in [-0.39, 0.29) is 11.2 Å². The summed E-state index contributed by atoms with van der Waals surface area (Å²) in [7, 11) is 1.58. The number of hydrogen-bond donors (Lipinski definition) is 1. The molecule has 0 bridgehead atoms. The van der Waals surface area contributed by atoms with E-state index in [1.54, 1.807) is 19.2 Å². The largest absolute Gasteiger partial charge is 0.497 e. The van der Waals surface area contributed by atoms with Crippen LogP contribution < -0.4 is 10.1 Å². The second kappa shape index (κ2) is 9.83. The summed E-state index contributed by atoms with van der Waals surface area (Å²) in [5.41, 5.74) is 2.12. The zero-order valence-electron chi connectivity index (χ0n) is 15.3. The number of carbonyl (C=O) groups is 1. The maximum absolute atomic E-state index is 12.5. The number of unbranched alkanes of at least 4 members (excludes halogenated alkanes) is 1. The summed E-state index contributed by atoms with van der Waals surface area (Å²) in [6.45, 7) is 3.94. The molecule has 1 amide bonds. The van der Waals surface area contributed by atoms with E-state index in [0.717, 1.165) is 25.0 Å². The van der Waals surface area contributed by atoms with E-state index >= 15 is 0 Å². The molecule has 1 atom stereocenters. The molecule has 0 saturated heterocycles. The predicted molar refractivity (Wildman–Crippen MR) is 105 cm³/mol. The summed E-state index contributed by atoms with van der Waals surface area (Å²) in [4.78, 5) is 17.1. The standard InChI is InChI=1S/C20H23N3O2S/c1-4-5-7-16-11-10-15(13-21)20(23-16)26-14(2)19(24)22-17-8-6-9-18(12-17)25-3/h6,8-12,14H,4-5,7H2,1-3H3,(H,22,24). The number of ether oxygens (including phenoxy) is 1. The molecule has 0 aliphatic rings. The zero-order valence-corrected chi connectivity index (χ0v) is 16.1. The highest BCUT2D eigenvalue weighted by Gasteiger charge is 2.18. The second-order valence-electron chi connectivity index (χ2n) is 5.85. The van der Waals surface area contributed by atoms with Crippen LogP contribution in [0.3, 0.4) is 0 Å². The van der Waals surface area contributed by atoms with Crippen molar-refractivity contribution in [3.63, 3.8) is 0 Å². The van der Waals surface area contributed by atoms with Gasteiger partial charge in [-0.15, -0.1) is 0 Å². The van der Waals surface area contributed by atoms with Crippen LogP contribution in [0.2, 0.25) is 0 Å². The number of rotatable bonds is 8. The van der Waals surface area contributed by atoms with E-state index in [9.17, 15) is 10.1 Å².